The fourth-order valence-electron chi connectivity index (χ4n) is 1.06. The maximum atomic E-state index is 11.2. The molecular formula is C11H11IO5. The standard InChI is InChI=1S/C11H11IO5/c1-15-10(13)6-17-9-4-3-7(5-8(9)12)11(14)16-2/h3-5H,6H2,1-2H3. The lowest BCUT2D eigenvalue weighted by Crippen LogP contribution is -2.13. The average molecular weight is 350 g/mol. The minimum Gasteiger partial charge on any atom is -0.481 e. The van der Waals surface area contributed by atoms with E-state index in [2.05, 4.69) is 9.47 Å². The third-order valence-corrected chi connectivity index (χ3v) is 2.77. The summed E-state index contributed by atoms with van der Waals surface area (Å²) in [5.41, 5.74) is 0.433. The summed E-state index contributed by atoms with van der Waals surface area (Å²) in [4.78, 5) is 22.1. The average Bonchev–Trinajstić information content (AvgIpc) is 2.35. The van der Waals surface area contributed by atoms with Crippen molar-refractivity contribution in [2.45, 2.75) is 0 Å². The van der Waals surface area contributed by atoms with Crippen LogP contribution in [-0.4, -0.2) is 32.8 Å². The predicted molar refractivity (Wildman–Crippen MR) is 68.0 cm³/mol. The van der Waals surface area contributed by atoms with Crippen molar-refractivity contribution in [2.75, 3.05) is 20.8 Å². The molecule has 0 fully saturated rings. The van der Waals surface area contributed by atoms with Crippen LogP contribution in [0, 0.1) is 3.57 Å². The molecule has 6 heteroatoms. The van der Waals surface area contributed by atoms with Gasteiger partial charge >= 0.3 is 11.9 Å². The zero-order valence-corrected chi connectivity index (χ0v) is 11.5. The van der Waals surface area contributed by atoms with E-state index in [-0.39, 0.29) is 6.61 Å². The van der Waals surface area contributed by atoms with Gasteiger partial charge in [0.1, 0.15) is 5.75 Å². The summed E-state index contributed by atoms with van der Waals surface area (Å²) in [6.45, 7) is -0.163. The van der Waals surface area contributed by atoms with Crippen molar-refractivity contribution in [2.24, 2.45) is 0 Å². The molecule has 0 aromatic heterocycles. The Morgan fingerprint density at radius 1 is 1.24 bits per heavy atom. The quantitative estimate of drug-likeness (QED) is 0.610. The topological polar surface area (TPSA) is 61.8 Å². The van der Waals surface area contributed by atoms with Crippen molar-refractivity contribution >= 4 is 34.5 Å². The van der Waals surface area contributed by atoms with Gasteiger partial charge in [-0.15, -0.1) is 0 Å². The molecule has 1 aromatic carbocycles. The van der Waals surface area contributed by atoms with Crippen LogP contribution < -0.4 is 4.74 Å². The van der Waals surface area contributed by atoms with Crippen LogP contribution in [0.25, 0.3) is 0 Å². The van der Waals surface area contributed by atoms with Crippen molar-refractivity contribution in [3.63, 3.8) is 0 Å². The molecule has 0 aliphatic heterocycles. The lowest BCUT2D eigenvalue weighted by Gasteiger charge is -2.08. The Bertz CT molecular complexity index is 430. The second-order valence-electron chi connectivity index (χ2n) is 3.00. The minimum atomic E-state index is -0.460. The molecule has 0 amide bonds. The highest BCUT2D eigenvalue weighted by Crippen LogP contribution is 2.22. The van der Waals surface area contributed by atoms with Gasteiger partial charge in [0.15, 0.2) is 6.61 Å². The molecule has 17 heavy (non-hydrogen) atoms. The second-order valence-corrected chi connectivity index (χ2v) is 4.16. The first kappa shape index (κ1) is 13.8. The van der Waals surface area contributed by atoms with E-state index in [1.807, 2.05) is 22.6 Å². The molecule has 0 radical (unpaired) electrons. The number of hydrogen-bond acceptors (Lipinski definition) is 5. The van der Waals surface area contributed by atoms with Gasteiger partial charge in [-0.05, 0) is 40.8 Å². The van der Waals surface area contributed by atoms with Crippen molar-refractivity contribution in [1.29, 1.82) is 0 Å². The van der Waals surface area contributed by atoms with E-state index in [0.717, 1.165) is 3.57 Å². The zero-order valence-electron chi connectivity index (χ0n) is 9.36. The smallest absolute Gasteiger partial charge is 0.343 e. The molecule has 0 saturated heterocycles. The molecule has 0 aliphatic rings. The summed E-state index contributed by atoms with van der Waals surface area (Å²) in [5.74, 6) is -0.357. The van der Waals surface area contributed by atoms with Gasteiger partial charge in [0, 0.05) is 0 Å². The normalized spacial score (nSPS) is 9.59. The van der Waals surface area contributed by atoms with Gasteiger partial charge in [0.2, 0.25) is 0 Å². The Kier molecular flexibility index (Phi) is 5.20. The molecule has 0 spiro atoms. The number of benzene rings is 1. The number of hydrogen-bond donors (Lipinski definition) is 0. The fourth-order valence-corrected chi connectivity index (χ4v) is 1.73. The number of carbonyl (C=O) groups is 2. The predicted octanol–water partition coefficient (Wildman–Crippen LogP) is 1.63. The summed E-state index contributed by atoms with van der Waals surface area (Å²) in [5, 5.41) is 0. The molecule has 0 bridgehead atoms. The minimum absolute atomic E-state index is 0.163. The van der Waals surface area contributed by atoms with Crippen LogP contribution >= 0.6 is 22.6 Å². The van der Waals surface area contributed by atoms with Crippen molar-refractivity contribution in [3.8, 4) is 5.75 Å². The van der Waals surface area contributed by atoms with Gasteiger partial charge in [-0.1, -0.05) is 0 Å². The van der Waals surface area contributed by atoms with E-state index in [0.29, 0.717) is 11.3 Å². The monoisotopic (exact) mass is 350 g/mol. The maximum Gasteiger partial charge on any atom is 0.343 e. The van der Waals surface area contributed by atoms with E-state index < -0.39 is 11.9 Å². The third-order valence-electron chi connectivity index (χ3n) is 1.93. The Labute approximate surface area is 112 Å². The van der Waals surface area contributed by atoms with Gasteiger partial charge in [-0.2, -0.15) is 0 Å². The maximum absolute atomic E-state index is 11.2. The number of ether oxygens (including phenoxy) is 3. The molecule has 92 valence electrons. The number of carbonyl (C=O) groups excluding carboxylic acids is 2. The summed E-state index contributed by atoms with van der Waals surface area (Å²) in [6, 6.07) is 4.80. The van der Waals surface area contributed by atoms with Crippen LogP contribution in [0.3, 0.4) is 0 Å². The summed E-state index contributed by atoms with van der Waals surface area (Å²) < 4.78 is 15.0. The van der Waals surface area contributed by atoms with Gasteiger partial charge in [-0.25, -0.2) is 9.59 Å². The molecule has 0 saturated carbocycles. The first-order valence-corrected chi connectivity index (χ1v) is 5.74. The lowest BCUT2D eigenvalue weighted by molar-refractivity contribution is -0.142. The van der Waals surface area contributed by atoms with E-state index >= 15 is 0 Å². The lowest BCUT2D eigenvalue weighted by atomic mass is 10.2. The molecule has 0 N–H and O–H groups in total. The second kappa shape index (κ2) is 6.43. The third kappa shape index (κ3) is 3.88. The highest BCUT2D eigenvalue weighted by atomic mass is 127. The van der Waals surface area contributed by atoms with Crippen LogP contribution in [0.15, 0.2) is 18.2 Å². The van der Waals surface area contributed by atoms with Crippen LogP contribution in [0.5, 0.6) is 5.75 Å². The van der Waals surface area contributed by atoms with Gasteiger partial charge in [0.25, 0.3) is 0 Å². The first-order valence-electron chi connectivity index (χ1n) is 4.66. The van der Waals surface area contributed by atoms with Gasteiger partial charge < -0.3 is 14.2 Å². The largest absolute Gasteiger partial charge is 0.481 e. The molecule has 0 atom stereocenters. The number of rotatable bonds is 4. The SMILES string of the molecule is COC(=O)COc1ccc(C(=O)OC)cc1I. The van der Waals surface area contributed by atoms with E-state index in [9.17, 15) is 9.59 Å². The Morgan fingerprint density at radius 2 is 1.94 bits per heavy atom. The van der Waals surface area contributed by atoms with E-state index in [1.54, 1.807) is 18.2 Å². The van der Waals surface area contributed by atoms with Crippen LogP contribution in [0.2, 0.25) is 0 Å². The summed E-state index contributed by atoms with van der Waals surface area (Å²) in [6.07, 6.45) is 0. The number of esters is 2. The Morgan fingerprint density at radius 3 is 2.47 bits per heavy atom. The fraction of sp³-hybridized carbons (Fsp3) is 0.273. The molecule has 0 aliphatic carbocycles. The zero-order chi connectivity index (χ0) is 12.8. The molecule has 0 unspecified atom stereocenters. The first-order chi connectivity index (χ1) is 8.08. The summed E-state index contributed by atoms with van der Waals surface area (Å²) >= 11 is 2.01. The van der Waals surface area contributed by atoms with E-state index in [4.69, 9.17) is 4.74 Å². The summed E-state index contributed by atoms with van der Waals surface area (Å²) in [7, 11) is 2.61. The highest BCUT2D eigenvalue weighted by Gasteiger charge is 2.10. The Balaban J connectivity index is 2.76. The van der Waals surface area contributed by atoms with Crippen LogP contribution in [0.4, 0.5) is 0 Å². The molecule has 1 rings (SSSR count). The Hall–Kier alpha value is -1.31. The van der Waals surface area contributed by atoms with E-state index in [1.165, 1.54) is 14.2 Å². The van der Waals surface area contributed by atoms with Crippen molar-refractivity contribution in [3.05, 3.63) is 27.3 Å². The molecule has 1 aromatic rings. The number of halogens is 1. The highest BCUT2D eigenvalue weighted by molar-refractivity contribution is 14.1. The van der Waals surface area contributed by atoms with Crippen molar-refractivity contribution in [1.82, 2.24) is 0 Å². The van der Waals surface area contributed by atoms with Gasteiger partial charge in [0.05, 0.1) is 23.4 Å². The molecular weight excluding hydrogens is 339 g/mol. The van der Waals surface area contributed by atoms with Crippen molar-refractivity contribution < 1.29 is 23.8 Å². The van der Waals surface area contributed by atoms with Gasteiger partial charge in [-0.3, -0.25) is 0 Å². The molecule has 5 nitrogen and oxygen atoms in total. The van der Waals surface area contributed by atoms with Crippen LogP contribution in [-0.2, 0) is 14.3 Å². The molecule has 0 heterocycles. The van der Waals surface area contributed by atoms with Crippen LogP contribution in [0.1, 0.15) is 10.4 Å². The number of methoxy groups -OCH3 is 2.